The van der Waals surface area contributed by atoms with E-state index in [1.165, 1.54) is 25.9 Å². The van der Waals surface area contributed by atoms with E-state index in [0.717, 1.165) is 58.7 Å². The summed E-state index contributed by atoms with van der Waals surface area (Å²) in [4.78, 5) is 7.23. The van der Waals surface area contributed by atoms with Gasteiger partial charge in [0.05, 0.1) is 7.11 Å². The second kappa shape index (κ2) is 10.1. The Bertz CT molecular complexity index is 1350. The number of nitrogens with zero attached hydrogens (tertiary/aromatic N) is 4. The molecule has 2 aromatic heterocycles. The van der Waals surface area contributed by atoms with Gasteiger partial charge in [0.25, 0.3) is 0 Å². The first-order valence-electron chi connectivity index (χ1n) is 12.5. The lowest BCUT2D eigenvalue weighted by Crippen LogP contribution is -2.25. The van der Waals surface area contributed by atoms with E-state index in [1.807, 2.05) is 47.0 Å². The largest absolute Gasteiger partial charge is 0.494 e. The summed E-state index contributed by atoms with van der Waals surface area (Å²) >= 11 is 0. The van der Waals surface area contributed by atoms with Crippen LogP contribution in [0, 0.1) is 0 Å². The molecule has 8 nitrogen and oxygen atoms in total. The van der Waals surface area contributed by atoms with Gasteiger partial charge < -0.3 is 18.9 Å². The van der Waals surface area contributed by atoms with E-state index < -0.39 is 0 Å². The third kappa shape index (κ3) is 4.68. The highest BCUT2D eigenvalue weighted by Crippen LogP contribution is 2.37. The molecule has 2 aliphatic heterocycles. The van der Waals surface area contributed by atoms with Gasteiger partial charge in [0.1, 0.15) is 37.0 Å². The van der Waals surface area contributed by atoms with Crippen LogP contribution in [0.4, 0.5) is 0 Å². The quantitative estimate of drug-likeness (QED) is 0.369. The zero-order valence-corrected chi connectivity index (χ0v) is 20.5. The number of fused-ring (bicyclic) bond motifs is 2. The number of benzene rings is 2. The lowest BCUT2D eigenvalue weighted by atomic mass is 10.1. The number of methoxy groups -OCH3 is 1. The van der Waals surface area contributed by atoms with Crippen LogP contribution in [0.5, 0.6) is 23.0 Å². The fourth-order valence-corrected chi connectivity index (χ4v) is 4.85. The third-order valence-corrected chi connectivity index (χ3v) is 6.70. The normalized spacial score (nSPS) is 15.4. The average Bonchev–Trinajstić information content (AvgIpc) is 3.58. The topological polar surface area (TPSA) is 70.4 Å². The predicted molar refractivity (Wildman–Crippen MR) is 136 cm³/mol. The van der Waals surface area contributed by atoms with E-state index in [-0.39, 0.29) is 0 Å². The van der Waals surface area contributed by atoms with E-state index in [0.29, 0.717) is 25.4 Å². The maximum absolute atomic E-state index is 5.94. The van der Waals surface area contributed by atoms with Crippen LogP contribution in [-0.2, 0) is 6.42 Å². The van der Waals surface area contributed by atoms with Gasteiger partial charge in [-0.05, 0) is 74.0 Å². The molecule has 0 atom stereocenters. The predicted octanol–water partition coefficient (Wildman–Crippen LogP) is 4.24. The fraction of sp³-hybridized carbons (Fsp3) is 0.357. The molecule has 186 valence electrons. The molecule has 0 amide bonds. The maximum Gasteiger partial charge on any atom is 0.162 e. The minimum atomic E-state index is 0.535. The van der Waals surface area contributed by atoms with Crippen molar-refractivity contribution >= 4 is 5.65 Å². The summed E-state index contributed by atoms with van der Waals surface area (Å²) in [5.41, 5.74) is 3.64. The molecular weight excluding hydrogens is 456 g/mol. The highest BCUT2D eigenvalue weighted by atomic mass is 16.6. The molecule has 2 aromatic carbocycles. The molecule has 4 heterocycles. The summed E-state index contributed by atoms with van der Waals surface area (Å²) in [6, 6.07) is 18.0. The number of hydrogen-bond acceptors (Lipinski definition) is 7. The minimum Gasteiger partial charge on any atom is -0.494 e. The van der Waals surface area contributed by atoms with Crippen LogP contribution < -0.4 is 18.9 Å². The molecule has 0 N–H and O–H groups in total. The molecule has 0 unspecified atom stereocenters. The van der Waals surface area contributed by atoms with E-state index in [2.05, 4.69) is 17.0 Å². The number of aromatic nitrogens is 3. The first-order chi connectivity index (χ1) is 17.8. The monoisotopic (exact) mass is 486 g/mol. The number of hydrogen-bond donors (Lipinski definition) is 0. The number of rotatable bonds is 8. The Labute approximate surface area is 210 Å². The molecule has 36 heavy (non-hydrogen) atoms. The maximum atomic E-state index is 5.94. The van der Waals surface area contributed by atoms with Crippen molar-refractivity contribution in [2.75, 3.05) is 46.6 Å². The van der Waals surface area contributed by atoms with Gasteiger partial charge in [-0.3, -0.25) is 4.90 Å². The van der Waals surface area contributed by atoms with Crippen molar-refractivity contribution in [2.45, 2.75) is 19.3 Å². The Morgan fingerprint density at radius 1 is 0.917 bits per heavy atom. The molecule has 0 aliphatic carbocycles. The Balaban J connectivity index is 1.21. The Hall–Kier alpha value is -3.78. The van der Waals surface area contributed by atoms with E-state index >= 15 is 0 Å². The zero-order chi connectivity index (χ0) is 24.3. The van der Waals surface area contributed by atoms with Crippen molar-refractivity contribution < 1.29 is 18.9 Å². The molecule has 0 saturated carbocycles. The van der Waals surface area contributed by atoms with Gasteiger partial charge in [0, 0.05) is 18.5 Å². The number of likely N-dealkylation sites (tertiary alicyclic amines) is 1. The summed E-state index contributed by atoms with van der Waals surface area (Å²) in [7, 11) is 1.66. The Kier molecular flexibility index (Phi) is 6.34. The molecule has 1 saturated heterocycles. The highest BCUT2D eigenvalue weighted by Gasteiger charge is 2.19. The number of pyridine rings is 1. The van der Waals surface area contributed by atoms with Crippen molar-refractivity contribution in [3.63, 3.8) is 0 Å². The fourth-order valence-electron chi connectivity index (χ4n) is 4.85. The van der Waals surface area contributed by atoms with Crippen molar-refractivity contribution in [3.8, 4) is 34.3 Å². The van der Waals surface area contributed by atoms with E-state index in [9.17, 15) is 0 Å². The summed E-state index contributed by atoms with van der Waals surface area (Å²) in [6.45, 7) is 5.18. The molecule has 1 fully saturated rings. The summed E-state index contributed by atoms with van der Waals surface area (Å²) in [5, 5.41) is 4.84. The lowest BCUT2D eigenvalue weighted by Gasteiger charge is -2.19. The molecule has 0 bridgehead atoms. The third-order valence-electron chi connectivity index (χ3n) is 6.70. The van der Waals surface area contributed by atoms with Gasteiger partial charge in [-0.1, -0.05) is 12.1 Å². The number of ether oxygens (including phenoxy) is 4. The van der Waals surface area contributed by atoms with Crippen molar-refractivity contribution in [1.29, 1.82) is 0 Å². The smallest absolute Gasteiger partial charge is 0.162 e. The van der Waals surface area contributed by atoms with Crippen LogP contribution in [-0.4, -0.2) is 66.1 Å². The van der Waals surface area contributed by atoms with Crippen LogP contribution in [0.15, 0.2) is 54.6 Å². The molecule has 0 radical (unpaired) electrons. The van der Waals surface area contributed by atoms with Gasteiger partial charge in [-0.15, -0.1) is 0 Å². The van der Waals surface area contributed by atoms with Gasteiger partial charge in [-0.2, -0.15) is 5.10 Å². The molecule has 4 aromatic rings. The van der Waals surface area contributed by atoms with Crippen molar-refractivity contribution in [3.05, 3.63) is 66.0 Å². The zero-order valence-electron chi connectivity index (χ0n) is 20.5. The standard InChI is InChI=1S/C28H30N4O4/c1-33-24-10-11-27-29-26(18-20-4-7-22(8-5-20)34-15-14-31-12-2-3-13-31)30-32(27)28(24)21-6-9-23-25(19-21)36-17-16-35-23/h4-11,19H,2-3,12-18H2,1H3. The van der Waals surface area contributed by atoms with Crippen LogP contribution >= 0.6 is 0 Å². The molecule has 0 spiro atoms. The van der Waals surface area contributed by atoms with Crippen LogP contribution in [0.3, 0.4) is 0 Å². The average molecular weight is 487 g/mol. The van der Waals surface area contributed by atoms with Gasteiger partial charge in [0.15, 0.2) is 23.0 Å². The van der Waals surface area contributed by atoms with E-state index in [1.54, 1.807) is 7.11 Å². The second-order valence-electron chi connectivity index (χ2n) is 9.12. The molecular formula is C28H30N4O4. The van der Waals surface area contributed by atoms with Gasteiger partial charge in [-0.25, -0.2) is 9.50 Å². The van der Waals surface area contributed by atoms with Crippen LogP contribution in [0.25, 0.3) is 16.9 Å². The van der Waals surface area contributed by atoms with E-state index in [4.69, 9.17) is 29.0 Å². The minimum absolute atomic E-state index is 0.535. The molecule has 8 heteroatoms. The lowest BCUT2D eigenvalue weighted by molar-refractivity contribution is 0.171. The Morgan fingerprint density at radius 3 is 2.53 bits per heavy atom. The van der Waals surface area contributed by atoms with Crippen molar-refractivity contribution in [1.82, 2.24) is 19.5 Å². The van der Waals surface area contributed by atoms with Gasteiger partial charge in [0.2, 0.25) is 0 Å². The summed E-state index contributed by atoms with van der Waals surface area (Å²) in [5.74, 6) is 3.82. The molecule has 2 aliphatic rings. The Morgan fingerprint density at radius 2 is 1.72 bits per heavy atom. The van der Waals surface area contributed by atoms with Crippen LogP contribution in [0.2, 0.25) is 0 Å². The SMILES string of the molecule is COc1ccc2nc(Cc3ccc(OCCN4CCCC4)cc3)nn2c1-c1ccc2c(c1)OCCO2. The highest BCUT2D eigenvalue weighted by molar-refractivity contribution is 5.72. The first kappa shape index (κ1) is 22.7. The van der Waals surface area contributed by atoms with Gasteiger partial charge >= 0.3 is 0 Å². The van der Waals surface area contributed by atoms with Crippen molar-refractivity contribution in [2.24, 2.45) is 0 Å². The summed E-state index contributed by atoms with van der Waals surface area (Å²) < 4.78 is 24.9. The second-order valence-corrected chi connectivity index (χ2v) is 9.12. The summed E-state index contributed by atoms with van der Waals surface area (Å²) in [6.07, 6.45) is 3.23. The van der Waals surface area contributed by atoms with Crippen LogP contribution in [0.1, 0.15) is 24.2 Å². The first-order valence-corrected chi connectivity index (χ1v) is 12.5. The molecule has 6 rings (SSSR count).